The lowest BCUT2D eigenvalue weighted by molar-refractivity contribution is -0.121. The third-order valence-electron chi connectivity index (χ3n) is 6.34. The molecular weight excluding hydrogens is 394 g/mol. The molecule has 2 amide bonds. The molecule has 0 bridgehead atoms. The number of hydrogen-bond acceptors (Lipinski definition) is 5. The smallest absolute Gasteiger partial charge is 0.275 e. The molecule has 2 aliphatic heterocycles. The number of fused-ring (bicyclic) bond motifs is 3. The lowest BCUT2D eigenvalue weighted by Crippen LogP contribution is -2.42. The van der Waals surface area contributed by atoms with Crippen molar-refractivity contribution in [1.82, 2.24) is 29.3 Å². The van der Waals surface area contributed by atoms with Gasteiger partial charge < -0.3 is 10.2 Å². The minimum absolute atomic E-state index is 0.0884. The molecule has 2 unspecified atom stereocenters. The van der Waals surface area contributed by atoms with Crippen molar-refractivity contribution in [2.75, 3.05) is 11.9 Å². The van der Waals surface area contributed by atoms with Crippen LogP contribution in [0.3, 0.4) is 0 Å². The van der Waals surface area contributed by atoms with Crippen LogP contribution in [0.15, 0.2) is 61.2 Å². The number of carbonyl (C=O) groups excluding carboxylic acids is 2. The molecule has 4 aromatic rings. The van der Waals surface area contributed by atoms with Crippen molar-refractivity contribution in [1.29, 1.82) is 0 Å². The van der Waals surface area contributed by atoms with Crippen LogP contribution < -0.4 is 5.32 Å². The lowest BCUT2D eigenvalue weighted by atomic mass is 9.73. The molecule has 0 aliphatic carbocycles. The summed E-state index contributed by atoms with van der Waals surface area (Å²) in [6.07, 6.45) is 7.54. The van der Waals surface area contributed by atoms with Crippen molar-refractivity contribution in [3.63, 3.8) is 0 Å². The predicted octanol–water partition coefficient (Wildman–Crippen LogP) is 1.94. The maximum absolute atomic E-state index is 13.6. The Morgan fingerprint density at radius 2 is 2.13 bits per heavy atom. The van der Waals surface area contributed by atoms with Crippen molar-refractivity contribution >= 4 is 23.1 Å². The molecule has 1 N–H and O–H groups in total. The molecule has 0 saturated carbocycles. The molecular formula is C22H19N7O2. The maximum atomic E-state index is 13.6. The Morgan fingerprint density at radius 1 is 1.26 bits per heavy atom. The van der Waals surface area contributed by atoms with Crippen LogP contribution in [-0.2, 0) is 17.3 Å². The third kappa shape index (κ3) is 2.40. The molecule has 0 radical (unpaired) electrons. The fourth-order valence-corrected chi connectivity index (χ4v) is 5.03. The van der Waals surface area contributed by atoms with E-state index in [1.54, 1.807) is 44.8 Å². The zero-order chi connectivity index (χ0) is 21.2. The summed E-state index contributed by atoms with van der Waals surface area (Å²) in [5, 5.41) is 11.7. The maximum Gasteiger partial charge on any atom is 0.275 e. The fourth-order valence-electron chi connectivity index (χ4n) is 5.03. The topological polar surface area (TPSA) is 97.4 Å². The van der Waals surface area contributed by atoms with Gasteiger partial charge in [0, 0.05) is 49.5 Å². The molecule has 2 atom stereocenters. The first-order chi connectivity index (χ1) is 15.1. The first-order valence-electron chi connectivity index (χ1n) is 10.1. The predicted molar refractivity (Wildman–Crippen MR) is 111 cm³/mol. The third-order valence-corrected chi connectivity index (χ3v) is 6.34. The second kappa shape index (κ2) is 6.24. The lowest BCUT2D eigenvalue weighted by Gasteiger charge is -2.33. The number of carbonyl (C=O) groups is 2. The molecule has 3 aromatic heterocycles. The summed E-state index contributed by atoms with van der Waals surface area (Å²) in [5.74, 6) is -0.317. The molecule has 154 valence electrons. The number of para-hydroxylation sites is 1. The standard InChI is InChI=1S/C22H19N7O2/c1-27-13-14(12-24-27)19-22(15-5-2-3-6-16(15)25-21(22)31)7-10-28(19)20(30)17-11-18-23-8-4-9-29(18)26-17/h2-6,8-9,11-13,19H,7,10H2,1H3,(H,25,31). The molecule has 6 rings (SSSR count). The van der Waals surface area contributed by atoms with Gasteiger partial charge in [-0.25, -0.2) is 9.50 Å². The van der Waals surface area contributed by atoms with Gasteiger partial charge >= 0.3 is 0 Å². The summed E-state index contributed by atoms with van der Waals surface area (Å²) < 4.78 is 3.27. The molecule has 1 aromatic carbocycles. The minimum Gasteiger partial charge on any atom is -0.329 e. The molecule has 5 heterocycles. The number of rotatable bonds is 2. The first kappa shape index (κ1) is 17.8. The Bertz CT molecular complexity index is 1320. The van der Waals surface area contributed by atoms with E-state index in [1.807, 2.05) is 37.5 Å². The molecule has 1 spiro atoms. The fraction of sp³-hybridized carbons (Fsp3) is 0.227. The summed E-state index contributed by atoms with van der Waals surface area (Å²) in [6, 6.07) is 10.7. The van der Waals surface area contributed by atoms with Crippen LogP contribution in [0.25, 0.3) is 5.65 Å². The van der Waals surface area contributed by atoms with E-state index < -0.39 is 11.5 Å². The van der Waals surface area contributed by atoms with Crippen molar-refractivity contribution in [3.05, 3.63) is 78.0 Å². The summed E-state index contributed by atoms with van der Waals surface area (Å²) >= 11 is 0. The van der Waals surface area contributed by atoms with Crippen LogP contribution in [0.2, 0.25) is 0 Å². The first-order valence-corrected chi connectivity index (χ1v) is 10.1. The van der Waals surface area contributed by atoms with Gasteiger partial charge in [0.1, 0.15) is 5.41 Å². The number of hydrogen-bond donors (Lipinski definition) is 1. The van der Waals surface area contributed by atoms with Gasteiger partial charge in [0.2, 0.25) is 5.91 Å². The highest BCUT2D eigenvalue weighted by molar-refractivity contribution is 6.08. The van der Waals surface area contributed by atoms with E-state index >= 15 is 0 Å². The highest BCUT2D eigenvalue weighted by Crippen LogP contribution is 2.54. The number of nitrogens with one attached hydrogen (secondary N) is 1. The molecule has 1 fully saturated rings. The van der Waals surface area contributed by atoms with Gasteiger partial charge in [-0.3, -0.25) is 14.3 Å². The van der Waals surface area contributed by atoms with Gasteiger partial charge in [0.15, 0.2) is 11.3 Å². The zero-order valence-electron chi connectivity index (χ0n) is 16.8. The Kier molecular flexibility index (Phi) is 3.59. The van der Waals surface area contributed by atoms with E-state index in [9.17, 15) is 9.59 Å². The normalized spacial score (nSPS) is 22.3. The Labute approximate surface area is 177 Å². The monoisotopic (exact) mass is 413 g/mol. The molecule has 31 heavy (non-hydrogen) atoms. The van der Waals surface area contributed by atoms with Crippen LogP contribution in [0.1, 0.15) is 34.1 Å². The van der Waals surface area contributed by atoms with Crippen LogP contribution in [0, 0.1) is 0 Å². The summed E-state index contributed by atoms with van der Waals surface area (Å²) in [4.78, 5) is 33.0. The van der Waals surface area contributed by atoms with Crippen molar-refractivity contribution < 1.29 is 9.59 Å². The largest absolute Gasteiger partial charge is 0.329 e. The quantitative estimate of drug-likeness (QED) is 0.542. The number of likely N-dealkylation sites (tertiary alicyclic amines) is 1. The summed E-state index contributed by atoms with van der Waals surface area (Å²) in [5.41, 5.74) is 2.57. The highest BCUT2D eigenvalue weighted by atomic mass is 16.2. The van der Waals surface area contributed by atoms with Gasteiger partial charge in [-0.15, -0.1) is 0 Å². The Balaban J connectivity index is 1.50. The van der Waals surface area contributed by atoms with Crippen LogP contribution in [0.4, 0.5) is 5.69 Å². The van der Waals surface area contributed by atoms with E-state index in [-0.39, 0.29) is 11.8 Å². The van der Waals surface area contributed by atoms with Crippen molar-refractivity contribution in [2.24, 2.45) is 7.05 Å². The average molecular weight is 413 g/mol. The molecule has 1 saturated heterocycles. The minimum atomic E-state index is -0.868. The molecule has 9 nitrogen and oxygen atoms in total. The van der Waals surface area contributed by atoms with Gasteiger partial charge in [-0.05, 0) is 24.1 Å². The Morgan fingerprint density at radius 3 is 2.94 bits per heavy atom. The van der Waals surface area contributed by atoms with Crippen molar-refractivity contribution in [3.8, 4) is 0 Å². The Hall–Kier alpha value is -4.01. The number of anilines is 1. The van der Waals surface area contributed by atoms with E-state index in [0.29, 0.717) is 24.3 Å². The van der Waals surface area contributed by atoms with E-state index in [1.165, 1.54) is 0 Å². The highest BCUT2D eigenvalue weighted by Gasteiger charge is 2.59. The number of aryl methyl sites for hydroxylation is 1. The van der Waals surface area contributed by atoms with Crippen LogP contribution in [0.5, 0.6) is 0 Å². The van der Waals surface area contributed by atoms with Gasteiger partial charge in [-0.2, -0.15) is 10.2 Å². The van der Waals surface area contributed by atoms with Crippen LogP contribution in [-0.4, -0.2) is 47.6 Å². The van der Waals surface area contributed by atoms with Gasteiger partial charge in [-0.1, -0.05) is 18.2 Å². The van der Waals surface area contributed by atoms with Gasteiger partial charge in [0.05, 0.1) is 12.2 Å². The van der Waals surface area contributed by atoms with Gasteiger partial charge in [0.25, 0.3) is 5.91 Å². The van der Waals surface area contributed by atoms with Crippen molar-refractivity contribution in [2.45, 2.75) is 17.9 Å². The number of aromatic nitrogens is 5. The number of nitrogens with zero attached hydrogens (tertiary/aromatic N) is 6. The summed E-state index contributed by atoms with van der Waals surface area (Å²) in [7, 11) is 1.83. The molecule has 9 heteroatoms. The zero-order valence-corrected chi connectivity index (χ0v) is 16.8. The average Bonchev–Trinajstić information content (AvgIpc) is 3.53. The second-order valence-electron chi connectivity index (χ2n) is 8.02. The number of amides is 2. The molecule has 2 aliphatic rings. The van der Waals surface area contributed by atoms with Crippen LogP contribution >= 0.6 is 0 Å². The SMILES string of the molecule is Cn1cc(C2N(C(=O)c3cc4ncccn4n3)CCC23C(=O)Nc2ccccc23)cn1. The number of benzene rings is 1. The van der Waals surface area contributed by atoms with E-state index in [4.69, 9.17) is 0 Å². The summed E-state index contributed by atoms with van der Waals surface area (Å²) in [6.45, 7) is 0.432. The van der Waals surface area contributed by atoms with E-state index in [0.717, 1.165) is 16.8 Å². The van der Waals surface area contributed by atoms with E-state index in [2.05, 4.69) is 20.5 Å². The second-order valence-corrected chi connectivity index (χ2v) is 8.02.